The number of carbonyl (C=O) groups is 2. The molecule has 3 aromatic rings. The summed E-state index contributed by atoms with van der Waals surface area (Å²) in [5.74, 6) is 0.278. The first-order chi connectivity index (χ1) is 15.1. The zero-order chi connectivity index (χ0) is 21.8. The Morgan fingerprint density at radius 2 is 1.74 bits per heavy atom. The van der Waals surface area contributed by atoms with Gasteiger partial charge in [-0.05, 0) is 60.7 Å². The summed E-state index contributed by atoms with van der Waals surface area (Å²) >= 11 is 0. The fraction of sp³-hybridized carbons (Fsp3) is 0.231. The molecule has 0 radical (unpaired) electrons. The number of aryl methyl sites for hydroxylation is 2. The van der Waals surface area contributed by atoms with Crippen LogP contribution in [0, 0.1) is 6.92 Å². The summed E-state index contributed by atoms with van der Waals surface area (Å²) in [6, 6.07) is 21.9. The molecule has 2 amide bonds. The maximum absolute atomic E-state index is 13.7. The van der Waals surface area contributed by atoms with Gasteiger partial charge < -0.3 is 15.0 Å². The van der Waals surface area contributed by atoms with Crippen LogP contribution in [0.3, 0.4) is 0 Å². The zero-order valence-corrected chi connectivity index (χ0v) is 17.8. The van der Waals surface area contributed by atoms with Crippen LogP contribution in [0.2, 0.25) is 0 Å². The number of nitrogens with zero attached hydrogens (tertiary/aromatic N) is 1. The third kappa shape index (κ3) is 4.31. The van der Waals surface area contributed by atoms with E-state index in [0.29, 0.717) is 17.9 Å². The van der Waals surface area contributed by atoms with Crippen LogP contribution in [0.5, 0.6) is 5.75 Å². The lowest BCUT2D eigenvalue weighted by molar-refractivity contribution is -0.120. The molecule has 31 heavy (non-hydrogen) atoms. The molecule has 1 heterocycles. The Hall–Kier alpha value is -3.60. The van der Waals surface area contributed by atoms with E-state index < -0.39 is 6.04 Å². The smallest absolute Gasteiger partial charge is 0.254 e. The van der Waals surface area contributed by atoms with Gasteiger partial charge in [0.1, 0.15) is 11.8 Å². The average Bonchev–Trinajstić information content (AvgIpc) is 2.82. The van der Waals surface area contributed by atoms with E-state index in [1.165, 1.54) is 0 Å². The fourth-order valence-corrected chi connectivity index (χ4v) is 4.08. The second-order valence-corrected chi connectivity index (χ2v) is 7.72. The molecule has 0 fully saturated rings. The molecule has 0 spiro atoms. The Kier molecular flexibility index (Phi) is 6.03. The topological polar surface area (TPSA) is 58.6 Å². The van der Waals surface area contributed by atoms with Crippen LogP contribution in [-0.4, -0.2) is 25.5 Å². The highest BCUT2D eigenvalue weighted by Gasteiger charge is 2.31. The van der Waals surface area contributed by atoms with Crippen LogP contribution in [0.25, 0.3) is 0 Å². The number of hydrogen-bond donors (Lipinski definition) is 1. The first-order valence-electron chi connectivity index (χ1n) is 10.5. The van der Waals surface area contributed by atoms with Gasteiger partial charge in [0, 0.05) is 17.8 Å². The highest BCUT2D eigenvalue weighted by Crippen LogP contribution is 2.30. The Labute approximate surface area is 182 Å². The van der Waals surface area contributed by atoms with Gasteiger partial charge in [-0.1, -0.05) is 48.5 Å². The molecule has 5 nitrogen and oxygen atoms in total. The zero-order valence-electron chi connectivity index (χ0n) is 17.8. The molecule has 4 rings (SSSR count). The predicted molar refractivity (Wildman–Crippen MR) is 121 cm³/mol. The molecule has 1 unspecified atom stereocenters. The van der Waals surface area contributed by atoms with Crippen LogP contribution >= 0.6 is 0 Å². The van der Waals surface area contributed by atoms with Crippen molar-refractivity contribution in [3.63, 3.8) is 0 Å². The number of anilines is 1. The number of ether oxygens (including phenoxy) is 1. The van der Waals surface area contributed by atoms with Crippen molar-refractivity contribution in [3.05, 3.63) is 95.1 Å². The lowest BCUT2D eigenvalue weighted by atomic mass is 9.98. The van der Waals surface area contributed by atoms with Crippen LogP contribution < -0.4 is 15.0 Å². The number of methoxy groups -OCH3 is 1. The molecule has 0 saturated heterocycles. The van der Waals surface area contributed by atoms with Gasteiger partial charge in [0.25, 0.3) is 11.8 Å². The summed E-state index contributed by atoms with van der Waals surface area (Å²) in [6.45, 7) is 2.49. The third-order valence-electron chi connectivity index (χ3n) is 5.71. The second-order valence-electron chi connectivity index (χ2n) is 7.72. The van der Waals surface area contributed by atoms with E-state index in [2.05, 4.69) is 11.4 Å². The molecule has 0 bridgehead atoms. The van der Waals surface area contributed by atoms with Crippen molar-refractivity contribution in [3.8, 4) is 5.75 Å². The molecular formula is C26H26N2O3. The number of carbonyl (C=O) groups excluding carboxylic acids is 2. The van der Waals surface area contributed by atoms with Gasteiger partial charge in [0.2, 0.25) is 0 Å². The summed E-state index contributed by atoms with van der Waals surface area (Å²) in [5.41, 5.74) is 4.16. The van der Waals surface area contributed by atoms with Crippen molar-refractivity contribution < 1.29 is 14.3 Å². The van der Waals surface area contributed by atoms with E-state index >= 15 is 0 Å². The molecular weight excluding hydrogens is 388 g/mol. The maximum Gasteiger partial charge on any atom is 0.254 e. The van der Waals surface area contributed by atoms with Crippen LogP contribution in [0.1, 0.15) is 39.5 Å². The van der Waals surface area contributed by atoms with Gasteiger partial charge >= 0.3 is 0 Å². The minimum absolute atomic E-state index is 0.127. The second kappa shape index (κ2) is 9.04. The van der Waals surface area contributed by atoms with Crippen LogP contribution in [0.15, 0.2) is 72.8 Å². The van der Waals surface area contributed by atoms with Crippen molar-refractivity contribution in [2.75, 3.05) is 18.6 Å². The van der Waals surface area contributed by atoms with Crippen molar-refractivity contribution in [1.29, 1.82) is 0 Å². The SMILES string of the molecule is COc1ccc(C(=O)NC(C(=O)N2CCCc3ccccc32)c2ccccc2)c(C)c1. The highest BCUT2D eigenvalue weighted by atomic mass is 16.5. The predicted octanol–water partition coefficient (Wildman–Crippen LogP) is 4.45. The van der Waals surface area contributed by atoms with E-state index in [9.17, 15) is 9.59 Å². The van der Waals surface area contributed by atoms with Gasteiger partial charge in [-0.2, -0.15) is 0 Å². The normalized spacial score (nSPS) is 13.8. The number of hydrogen-bond acceptors (Lipinski definition) is 3. The summed E-state index contributed by atoms with van der Waals surface area (Å²) in [4.78, 5) is 28.7. The highest BCUT2D eigenvalue weighted by molar-refractivity contribution is 6.03. The molecule has 5 heteroatoms. The summed E-state index contributed by atoms with van der Waals surface area (Å²) in [5, 5.41) is 2.98. The monoisotopic (exact) mass is 414 g/mol. The molecule has 1 N–H and O–H groups in total. The van der Waals surface area contributed by atoms with E-state index in [-0.39, 0.29) is 11.8 Å². The van der Waals surface area contributed by atoms with Crippen molar-refractivity contribution in [1.82, 2.24) is 5.32 Å². The van der Waals surface area contributed by atoms with Crippen LogP contribution in [0.4, 0.5) is 5.69 Å². The van der Waals surface area contributed by atoms with Gasteiger partial charge in [-0.25, -0.2) is 0 Å². The number of benzene rings is 3. The summed E-state index contributed by atoms with van der Waals surface area (Å²) < 4.78 is 5.24. The van der Waals surface area contributed by atoms with E-state index in [1.54, 1.807) is 24.1 Å². The van der Waals surface area contributed by atoms with E-state index in [0.717, 1.165) is 35.2 Å². The Bertz CT molecular complexity index is 1090. The minimum atomic E-state index is -0.777. The van der Waals surface area contributed by atoms with Crippen LogP contribution in [-0.2, 0) is 11.2 Å². The van der Waals surface area contributed by atoms with Crippen molar-refractivity contribution in [2.45, 2.75) is 25.8 Å². The molecule has 1 aliphatic heterocycles. The first kappa shape index (κ1) is 20.7. The molecule has 1 aliphatic rings. The number of para-hydroxylation sites is 1. The molecule has 0 aliphatic carbocycles. The Morgan fingerprint density at radius 1 is 1.00 bits per heavy atom. The number of amides is 2. The minimum Gasteiger partial charge on any atom is -0.497 e. The standard InChI is InChI=1S/C26H26N2O3/c1-18-17-21(31-2)14-15-22(18)25(29)27-24(20-10-4-3-5-11-20)26(30)28-16-8-12-19-9-6-7-13-23(19)28/h3-7,9-11,13-15,17,24H,8,12,16H2,1-2H3,(H,27,29). The van der Waals surface area contributed by atoms with Gasteiger partial charge in [-0.3, -0.25) is 9.59 Å². The lowest BCUT2D eigenvalue weighted by Crippen LogP contribution is -2.45. The Balaban J connectivity index is 1.66. The quantitative estimate of drug-likeness (QED) is 0.671. The molecule has 0 saturated carbocycles. The first-order valence-corrected chi connectivity index (χ1v) is 10.5. The van der Waals surface area contributed by atoms with Crippen molar-refractivity contribution in [2.24, 2.45) is 0 Å². The molecule has 158 valence electrons. The molecule has 3 aromatic carbocycles. The van der Waals surface area contributed by atoms with E-state index in [1.807, 2.05) is 61.5 Å². The third-order valence-corrected chi connectivity index (χ3v) is 5.71. The molecule has 0 aromatic heterocycles. The van der Waals surface area contributed by atoms with Gasteiger partial charge in [0.15, 0.2) is 0 Å². The lowest BCUT2D eigenvalue weighted by Gasteiger charge is -2.33. The summed E-state index contributed by atoms with van der Waals surface area (Å²) in [6.07, 6.45) is 1.85. The maximum atomic E-state index is 13.7. The van der Waals surface area contributed by atoms with Gasteiger partial charge in [-0.15, -0.1) is 0 Å². The van der Waals surface area contributed by atoms with E-state index in [4.69, 9.17) is 4.74 Å². The molecule has 1 atom stereocenters. The number of fused-ring (bicyclic) bond motifs is 1. The number of rotatable bonds is 5. The number of nitrogens with one attached hydrogen (secondary N) is 1. The largest absolute Gasteiger partial charge is 0.497 e. The van der Waals surface area contributed by atoms with Gasteiger partial charge in [0.05, 0.1) is 7.11 Å². The van der Waals surface area contributed by atoms with Crippen molar-refractivity contribution >= 4 is 17.5 Å². The Morgan fingerprint density at radius 3 is 2.48 bits per heavy atom. The average molecular weight is 415 g/mol. The fourth-order valence-electron chi connectivity index (χ4n) is 4.08. The summed E-state index contributed by atoms with van der Waals surface area (Å²) in [7, 11) is 1.59.